The summed E-state index contributed by atoms with van der Waals surface area (Å²) in [4.78, 5) is 18.0. The van der Waals surface area contributed by atoms with Crippen LogP contribution in [0, 0.1) is 6.92 Å². The number of anilines is 1. The van der Waals surface area contributed by atoms with Crippen LogP contribution in [0.5, 0.6) is 11.6 Å². The highest BCUT2D eigenvalue weighted by Crippen LogP contribution is 2.34. The third kappa shape index (κ3) is 4.39. The van der Waals surface area contributed by atoms with Crippen LogP contribution in [0.25, 0.3) is 33.5 Å². The number of para-hydroxylation sites is 1. The lowest BCUT2D eigenvalue weighted by Crippen LogP contribution is -2.46. The van der Waals surface area contributed by atoms with E-state index in [4.69, 9.17) is 9.72 Å². The molecule has 0 atom stereocenters. The van der Waals surface area contributed by atoms with Gasteiger partial charge in [-0.25, -0.2) is 9.97 Å². The number of aromatic nitrogens is 5. The van der Waals surface area contributed by atoms with Gasteiger partial charge in [0.05, 0.1) is 11.0 Å². The van der Waals surface area contributed by atoms with Gasteiger partial charge in [0.2, 0.25) is 5.88 Å². The summed E-state index contributed by atoms with van der Waals surface area (Å²) in [6, 6.07) is 17.1. The maximum absolute atomic E-state index is 6.09. The van der Waals surface area contributed by atoms with Crippen LogP contribution in [-0.4, -0.2) is 62.3 Å². The molecule has 2 saturated heterocycles. The van der Waals surface area contributed by atoms with Crippen molar-refractivity contribution in [1.29, 1.82) is 0 Å². The molecule has 0 aliphatic carbocycles. The molecular formula is C30H33N7O. The summed E-state index contributed by atoms with van der Waals surface area (Å²) in [7, 11) is 0. The number of aryl methyl sites for hydroxylation is 1. The predicted octanol–water partition coefficient (Wildman–Crippen LogP) is 6.06. The largest absolute Gasteiger partial charge is 0.437 e. The third-order valence-electron chi connectivity index (χ3n) is 8.09. The molecule has 0 bridgehead atoms. The molecular weight excluding hydrogens is 474 g/mol. The Labute approximate surface area is 222 Å². The molecule has 38 heavy (non-hydrogen) atoms. The summed E-state index contributed by atoms with van der Waals surface area (Å²) in [6.45, 7) is 6.80. The van der Waals surface area contributed by atoms with Gasteiger partial charge in [-0.15, -0.1) is 0 Å². The van der Waals surface area contributed by atoms with Crippen LogP contribution >= 0.6 is 0 Å². The minimum Gasteiger partial charge on any atom is -0.437 e. The Balaban J connectivity index is 1.12. The summed E-state index contributed by atoms with van der Waals surface area (Å²) in [5.41, 5.74) is 5.94. The number of likely N-dealkylation sites (tertiary alicyclic amines) is 1. The summed E-state index contributed by atoms with van der Waals surface area (Å²) in [5.74, 6) is 1.99. The van der Waals surface area contributed by atoms with E-state index in [2.05, 4.69) is 48.2 Å². The van der Waals surface area contributed by atoms with Crippen molar-refractivity contribution in [1.82, 2.24) is 30.0 Å². The summed E-state index contributed by atoms with van der Waals surface area (Å²) < 4.78 is 6.09. The van der Waals surface area contributed by atoms with E-state index in [-0.39, 0.29) is 0 Å². The maximum atomic E-state index is 6.09. The molecule has 0 amide bonds. The lowest BCUT2D eigenvalue weighted by molar-refractivity contribution is 0.141. The molecule has 2 aliphatic rings. The second kappa shape index (κ2) is 9.76. The Morgan fingerprint density at radius 1 is 0.947 bits per heavy atom. The van der Waals surface area contributed by atoms with Gasteiger partial charge in [0, 0.05) is 42.5 Å². The molecule has 2 aliphatic heterocycles. The Morgan fingerprint density at radius 3 is 2.66 bits per heavy atom. The van der Waals surface area contributed by atoms with Crippen molar-refractivity contribution < 1.29 is 4.74 Å². The first-order valence-electron chi connectivity index (χ1n) is 13.8. The average molecular weight is 508 g/mol. The zero-order valence-corrected chi connectivity index (χ0v) is 21.8. The number of hydrogen-bond donors (Lipinski definition) is 2. The number of benzene rings is 2. The summed E-state index contributed by atoms with van der Waals surface area (Å²) in [6.07, 6.45) is 8.37. The highest BCUT2D eigenvalue weighted by Gasteiger charge is 2.26. The van der Waals surface area contributed by atoms with Gasteiger partial charge >= 0.3 is 0 Å². The maximum Gasteiger partial charge on any atom is 0.219 e. The van der Waals surface area contributed by atoms with Crippen LogP contribution in [0.1, 0.15) is 37.7 Å². The van der Waals surface area contributed by atoms with Crippen LogP contribution < -0.4 is 9.64 Å². The molecule has 0 unspecified atom stereocenters. The second-order valence-electron chi connectivity index (χ2n) is 10.6. The van der Waals surface area contributed by atoms with Gasteiger partial charge < -0.3 is 19.5 Å². The van der Waals surface area contributed by atoms with Crippen molar-refractivity contribution >= 4 is 27.6 Å². The van der Waals surface area contributed by atoms with Gasteiger partial charge in [-0.1, -0.05) is 18.6 Å². The topological polar surface area (TPSA) is 86.0 Å². The normalized spacial score (nSPS) is 17.4. The number of H-pyrrole nitrogens is 2. The van der Waals surface area contributed by atoms with E-state index in [0.29, 0.717) is 11.6 Å². The first-order valence-corrected chi connectivity index (χ1v) is 13.8. The second-order valence-corrected chi connectivity index (χ2v) is 10.6. The summed E-state index contributed by atoms with van der Waals surface area (Å²) >= 11 is 0. The Morgan fingerprint density at radius 2 is 1.82 bits per heavy atom. The number of imidazole rings is 1. The highest BCUT2D eigenvalue weighted by atomic mass is 16.5. The first kappa shape index (κ1) is 23.2. The quantitative estimate of drug-likeness (QED) is 0.301. The lowest BCUT2D eigenvalue weighted by Gasteiger charge is -2.41. The van der Waals surface area contributed by atoms with E-state index < -0.39 is 0 Å². The van der Waals surface area contributed by atoms with Crippen LogP contribution in [0.2, 0.25) is 0 Å². The fourth-order valence-electron chi connectivity index (χ4n) is 6.04. The number of nitrogens with zero attached hydrogens (tertiary/aromatic N) is 5. The first-order chi connectivity index (χ1) is 18.7. The SMILES string of the molecule is Cc1ccnc(Oc2cccc3c(-c4nc5ccc(N6CCC(N7CCCCC7)CC6)cc5[nH]4)n[nH]c23)c1. The Hall–Kier alpha value is -3.91. The molecule has 2 fully saturated rings. The number of aromatic amines is 2. The van der Waals surface area contributed by atoms with Gasteiger partial charge in [0.1, 0.15) is 11.2 Å². The van der Waals surface area contributed by atoms with E-state index >= 15 is 0 Å². The molecule has 0 spiro atoms. The van der Waals surface area contributed by atoms with Crippen molar-refractivity contribution in [3.05, 3.63) is 60.3 Å². The molecule has 7 rings (SSSR count). The highest BCUT2D eigenvalue weighted by molar-refractivity contribution is 5.96. The van der Waals surface area contributed by atoms with Crippen LogP contribution in [0.15, 0.2) is 54.7 Å². The monoisotopic (exact) mass is 507 g/mol. The standard InChI is InChI=1S/C30H33N7O/c1-20-10-13-31-27(18-20)38-26-7-5-6-23-28(26)34-35-29(23)30-32-24-9-8-22(19-25(24)33-30)37-16-11-21(12-17-37)36-14-3-2-4-15-36/h5-10,13,18-19,21H,2-4,11-12,14-17H2,1H3,(H,32,33)(H,34,35). The van der Waals surface area contributed by atoms with Crippen LogP contribution in [-0.2, 0) is 0 Å². The fourth-order valence-corrected chi connectivity index (χ4v) is 6.04. The number of nitrogens with one attached hydrogen (secondary N) is 2. The number of ether oxygens (including phenoxy) is 1. The molecule has 8 heteroatoms. The zero-order valence-electron chi connectivity index (χ0n) is 21.8. The smallest absolute Gasteiger partial charge is 0.219 e. The molecule has 0 saturated carbocycles. The van der Waals surface area contributed by atoms with Crippen molar-refractivity contribution in [3.63, 3.8) is 0 Å². The fraction of sp³-hybridized carbons (Fsp3) is 0.367. The number of fused-ring (bicyclic) bond motifs is 2. The van der Waals surface area contributed by atoms with Crippen LogP contribution in [0.4, 0.5) is 5.69 Å². The molecule has 0 radical (unpaired) electrons. The number of piperidine rings is 2. The van der Waals surface area contributed by atoms with Gasteiger partial charge in [-0.3, -0.25) is 5.10 Å². The third-order valence-corrected chi connectivity index (χ3v) is 8.09. The van der Waals surface area contributed by atoms with Gasteiger partial charge in [-0.2, -0.15) is 5.10 Å². The molecule has 194 valence electrons. The summed E-state index contributed by atoms with van der Waals surface area (Å²) in [5, 5.41) is 8.72. The van der Waals surface area contributed by atoms with Crippen molar-refractivity contribution in [2.75, 3.05) is 31.1 Å². The molecule has 2 N–H and O–H groups in total. The van der Waals surface area contributed by atoms with Crippen LogP contribution in [0.3, 0.4) is 0 Å². The Bertz CT molecular complexity index is 1570. The molecule has 5 heterocycles. The number of rotatable bonds is 5. The lowest BCUT2D eigenvalue weighted by atomic mass is 9.99. The molecule has 8 nitrogen and oxygen atoms in total. The van der Waals surface area contributed by atoms with Crippen molar-refractivity contribution in [3.8, 4) is 23.1 Å². The van der Waals surface area contributed by atoms with E-state index in [1.54, 1.807) is 6.20 Å². The minimum absolute atomic E-state index is 0.560. The Kier molecular flexibility index (Phi) is 5.96. The van der Waals surface area contributed by atoms with Crippen molar-refractivity contribution in [2.45, 2.75) is 45.1 Å². The zero-order chi connectivity index (χ0) is 25.5. The van der Waals surface area contributed by atoms with Gasteiger partial charge in [-0.05, 0) is 81.6 Å². The number of hydrogen-bond acceptors (Lipinski definition) is 6. The molecule has 5 aromatic rings. The number of pyridine rings is 1. The van der Waals surface area contributed by atoms with E-state index in [1.807, 2.05) is 37.3 Å². The molecule has 2 aromatic carbocycles. The van der Waals surface area contributed by atoms with Gasteiger partial charge in [0.15, 0.2) is 11.6 Å². The van der Waals surface area contributed by atoms with Crippen molar-refractivity contribution in [2.24, 2.45) is 0 Å². The average Bonchev–Trinajstić information content (AvgIpc) is 3.58. The van der Waals surface area contributed by atoms with E-state index in [1.165, 1.54) is 50.9 Å². The minimum atomic E-state index is 0.560. The van der Waals surface area contributed by atoms with E-state index in [0.717, 1.165) is 58.1 Å². The molecule has 3 aromatic heterocycles. The predicted molar refractivity (Wildman–Crippen MR) is 151 cm³/mol. The van der Waals surface area contributed by atoms with Gasteiger partial charge in [0.25, 0.3) is 0 Å². The van der Waals surface area contributed by atoms with E-state index in [9.17, 15) is 0 Å².